The number of nitro benzene ring substituents is 1. The molecule has 0 bridgehead atoms. The quantitative estimate of drug-likeness (QED) is 0.556. The molecular weight excluding hydrogens is 192 g/mol. The minimum atomic E-state index is -0.926. The molecular formula is C9H8F2NO2. The predicted molar refractivity (Wildman–Crippen MR) is 47.1 cm³/mol. The van der Waals surface area contributed by atoms with E-state index in [9.17, 15) is 18.9 Å². The Hall–Kier alpha value is -1.52. The van der Waals surface area contributed by atoms with Gasteiger partial charge in [0.05, 0.1) is 11.6 Å². The molecule has 1 unspecified atom stereocenters. The highest BCUT2D eigenvalue weighted by molar-refractivity contribution is 5.38. The van der Waals surface area contributed by atoms with Crippen LogP contribution in [0.1, 0.15) is 11.5 Å². The topological polar surface area (TPSA) is 43.1 Å². The zero-order chi connectivity index (χ0) is 10.7. The van der Waals surface area contributed by atoms with Crippen LogP contribution in [0.2, 0.25) is 0 Å². The van der Waals surface area contributed by atoms with Gasteiger partial charge in [-0.15, -0.1) is 0 Å². The Kier molecular flexibility index (Phi) is 3.11. The molecule has 0 aliphatic heterocycles. The van der Waals surface area contributed by atoms with Gasteiger partial charge in [0.25, 0.3) is 0 Å². The number of hydrogen-bond donors (Lipinski definition) is 0. The lowest BCUT2D eigenvalue weighted by Gasteiger charge is -2.06. The molecule has 1 radical (unpaired) electrons. The summed E-state index contributed by atoms with van der Waals surface area (Å²) >= 11 is 0. The number of nitro groups is 1. The normalized spacial score (nSPS) is 12.5. The summed E-state index contributed by atoms with van der Waals surface area (Å²) in [6.07, 6.45) is 0. The van der Waals surface area contributed by atoms with Crippen LogP contribution in [-0.4, -0.2) is 11.6 Å². The highest BCUT2D eigenvalue weighted by Gasteiger charge is 2.16. The molecule has 0 aromatic heterocycles. The molecule has 1 rings (SSSR count). The maximum Gasteiger partial charge on any atom is 0.305 e. The second-order valence-corrected chi connectivity index (χ2v) is 2.82. The first-order valence-corrected chi connectivity index (χ1v) is 3.89. The fourth-order valence-corrected chi connectivity index (χ4v) is 1.01. The molecule has 5 heteroatoms. The smallest absolute Gasteiger partial charge is 0.258 e. The van der Waals surface area contributed by atoms with Crippen molar-refractivity contribution in [1.29, 1.82) is 0 Å². The van der Waals surface area contributed by atoms with Crippen molar-refractivity contribution in [1.82, 2.24) is 0 Å². The summed E-state index contributed by atoms with van der Waals surface area (Å²) in [5, 5.41) is 10.3. The zero-order valence-electron chi connectivity index (χ0n) is 7.24. The Bertz CT molecular complexity index is 355. The second-order valence-electron chi connectivity index (χ2n) is 2.82. The van der Waals surface area contributed by atoms with Crippen molar-refractivity contribution in [2.75, 3.05) is 6.67 Å². The number of benzene rings is 1. The molecule has 14 heavy (non-hydrogen) atoms. The Morgan fingerprint density at radius 3 is 2.71 bits per heavy atom. The van der Waals surface area contributed by atoms with Gasteiger partial charge in [-0.2, -0.15) is 4.39 Å². The molecule has 0 aliphatic rings. The number of hydrogen-bond acceptors (Lipinski definition) is 2. The molecule has 0 saturated carbocycles. The second kappa shape index (κ2) is 4.13. The molecule has 75 valence electrons. The largest absolute Gasteiger partial charge is 0.305 e. The lowest BCUT2D eigenvalue weighted by Crippen LogP contribution is -1.99. The number of nitrogens with zero attached hydrogens (tertiary/aromatic N) is 1. The van der Waals surface area contributed by atoms with Gasteiger partial charge in [-0.3, -0.25) is 14.5 Å². The molecule has 0 amide bonds. The third-order valence-corrected chi connectivity index (χ3v) is 1.82. The third kappa shape index (κ3) is 2.04. The fourth-order valence-electron chi connectivity index (χ4n) is 1.01. The van der Waals surface area contributed by atoms with Crippen molar-refractivity contribution in [3.8, 4) is 0 Å². The average Bonchev–Trinajstić information content (AvgIpc) is 2.17. The first-order chi connectivity index (χ1) is 6.56. The van der Waals surface area contributed by atoms with Gasteiger partial charge >= 0.3 is 5.69 Å². The van der Waals surface area contributed by atoms with Gasteiger partial charge in [0, 0.05) is 12.0 Å². The lowest BCUT2D eigenvalue weighted by atomic mass is 10.0. The molecule has 3 nitrogen and oxygen atoms in total. The molecule has 0 aliphatic carbocycles. The van der Waals surface area contributed by atoms with Crippen molar-refractivity contribution in [2.45, 2.75) is 5.92 Å². The van der Waals surface area contributed by atoms with Crippen molar-refractivity contribution in [3.05, 3.63) is 46.6 Å². The number of halogens is 2. The zero-order valence-corrected chi connectivity index (χ0v) is 7.24. The summed E-state index contributed by atoms with van der Waals surface area (Å²) in [6.45, 7) is 2.70. The maximum absolute atomic E-state index is 12.8. The van der Waals surface area contributed by atoms with Crippen LogP contribution in [0.25, 0.3) is 0 Å². The summed E-state index contributed by atoms with van der Waals surface area (Å²) in [7, 11) is 0. The lowest BCUT2D eigenvalue weighted by molar-refractivity contribution is -0.387. The van der Waals surface area contributed by atoms with Crippen molar-refractivity contribution >= 4 is 5.69 Å². The van der Waals surface area contributed by atoms with E-state index in [1.54, 1.807) is 0 Å². The van der Waals surface area contributed by atoms with Crippen LogP contribution in [0.5, 0.6) is 0 Å². The highest BCUT2D eigenvalue weighted by Crippen LogP contribution is 2.23. The van der Waals surface area contributed by atoms with E-state index in [1.165, 1.54) is 6.07 Å². The van der Waals surface area contributed by atoms with E-state index in [0.29, 0.717) is 5.56 Å². The SMILES string of the molecule is [CH2]C(CF)c1ccc(F)c([N+](=O)[O-])c1. The molecule has 0 fully saturated rings. The Balaban J connectivity index is 3.12. The van der Waals surface area contributed by atoms with E-state index >= 15 is 0 Å². The molecule has 0 saturated heterocycles. The Morgan fingerprint density at radius 2 is 2.21 bits per heavy atom. The van der Waals surface area contributed by atoms with Gasteiger partial charge in [-0.1, -0.05) is 6.07 Å². The van der Waals surface area contributed by atoms with Crippen LogP contribution in [0.15, 0.2) is 18.2 Å². The summed E-state index contributed by atoms with van der Waals surface area (Å²) in [6, 6.07) is 3.24. The van der Waals surface area contributed by atoms with E-state index in [4.69, 9.17) is 0 Å². The van der Waals surface area contributed by atoms with Crippen molar-refractivity contribution < 1.29 is 13.7 Å². The first kappa shape index (κ1) is 10.6. The van der Waals surface area contributed by atoms with Crippen LogP contribution in [0.4, 0.5) is 14.5 Å². The van der Waals surface area contributed by atoms with Gasteiger partial charge in [0.2, 0.25) is 5.82 Å². The fraction of sp³-hybridized carbons (Fsp3) is 0.222. The molecule has 0 N–H and O–H groups in total. The number of alkyl halides is 1. The minimum absolute atomic E-state index is 0.320. The van der Waals surface area contributed by atoms with E-state index in [0.717, 1.165) is 12.1 Å². The van der Waals surface area contributed by atoms with Gasteiger partial charge in [0.15, 0.2) is 0 Å². The standard InChI is InChI=1S/C9H8F2NO2/c1-6(5-10)7-2-3-8(11)9(4-7)12(13)14/h2-4,6H,1,5H2. The summed E-state index contributed by atoms with van der Waals surface area (Å²) in [5.74, 6) is -1.63. The van der Waals surface area contributed by atoms with E-state index < -0.39 is 29.0 Å². The average molecular weight is 200 g/mol. The van der Waals surface area contributed by atoms with Gasteiger partial charge in [0.1, 0.15) is 0 Å². The van der Waals surface area contributed by atoms with E-state index in [-0.39, 0.29) is 0 Å². The summed E-state index contributed by atoms with van der Waals surface area (Å²) < 4.78 is 25.0. The maximum atomic E-state index is 12.8. The monoisotopic (exact) mass is 200 g/mol. The van der Waals surface area contributed by atoms with Crippen LogP contribution >= 0.6 is 0 Å². The third-order valence-electron chi connectivity index (χ3n) is 1.82. The molecule has 1 aromatic carbocycles. The molecule has 1 aromatic rings. The summed E-state index contributed by atoms with van der Waals surface area (Å²) in [5.41, 5.74) is -0.329. The summed E-state index contributed by atoms with van der Waals surface area (Å²) in [4.78, 5) is 9.49. The van der Waals surface area contributed by atoms with Gasteiger partial charge in [-0.05, 0) is 18.6 Å². The van der Waals surface area contributed by atoms with Crippen molar-refractivity contribution in [3.63, 3.8) is 0 Å². The van der Waals surface area contributed by atoms with E-state index in [1.807, 2.05) is 0 Å². The van der Waals surface area contributed by atoms with Gasteiger partial charge < -0.3 is 0 Å². The van der Waals surface area contributed by atoms with E-state index in [2.05, 4.69) is 6.92 Å². The van der Waals surface area contributed by atoms with Crippen LogP contribution in [0, 0.1) is 22.9 Å². The van der Waals surface area contributed by atoms with Crippen LogP contribution < -0.4 is 0 Å². The molecule has 1 atom stereocenters. The van der Waals surface area contributed by atoms with Crippen LogP contribution in [0.3, 0.4) is 0 Å². The van der Waals surface area contributed by atoms with Crippen molar-refractivity contribution in [2.24, 2.45) is 0 Å². The minimum Gasteiger partial charge on any atom is -0.258 e. The first-order valence-electron chi connectivity index (χ1n) is 3.89. The Morgan fingerprint density at radius 1 is 1.57 bits per heavy atom. The van der Waals surface area contributed by atoms with Gasteiger partial charge in [-0.25, -0.2) is 0 Å². The highest BCUT2D eigenvalue weighted by atomic mass is 19.1. The molecule has 0 spiro atoms. The predicted octanol–water partition coefficient (Wildman–Crippen LogP) is 2.62. The number of rotatable bonds is 3. The van der Waals surface area contributed by atoms with Crippen LogP contribution in [-0.2, 0) is 0 Å². The Labute approximate surface area is 79.5 Å². The molecule has 0 heterocycles.